The minimum atomic E-state index is -0.187. The average Bonchev–Trinajstić information content (AvgIpc) is 2.29. The second kappa shape index (κ2) is 7.08. The zero-order valence-electron chi connectivity index (χ0n) is 11.1. The van der Waals surface area contributed by atoms with Crippen molar-refractivity contribution in [3.05, 3.63) is 29.1 Å². The summed E-state index contributed by atoms with van der Waals surface area (Å²) in [5.41, 5.74) is 2.14. The maximum atomic E-state index is 12.0. The molecule has 0 radical (unpaired) electrons. The Morgan fingerprint density at radius 3 is 2.78 bits per heavy atom. The third-order valence-corrected chi connectivity index (χ3v) is 2.65. The molecule has 0 spiro atoms. The fourth-order valence-corrected chi connectivity index (χ4v) is 1.74. The molecule has 0 aliphatic carbocycles. The molecule has 1 atom stereocenters. The number of hydrogen-bond donors (Lipinski definition) is 2. The highest BCUT2D eigenvalue weighted by Crippen LogP contribution is 2.07. The number of aliphatic hydroxyl groups is 1. The van der Waals surface area contributed by atoms with Gasteiger partial charge in [-0.15, -0.1) is 0 Å². The zero-order chi connectivity index (χ0) is 13.5. The Morgan fingerprint density at radius 1 is 1.50 bits per heavy atom. The summed E-state index contributed by atoms with van der Waals surface area (Å²) in [5.74, 6) is -0.185. The lowest BCUT2D eigenvalue weighted by Crippen LogP contribution is -2.39. The van der Waals surface area contributed by atoms with E-state index in [2.05, 4.69) is 10.3 Å². The molecule has 5 nitrogen and oxygen atoms in total. The van der Waals surface area contributed by atoms with E-state index in [1.165, 1.54) is 0 Å². The van der Waals surface area contributed by atoms with Crippen LogP contribution >= 0.6 is 0 Å². The normalized spacial score (nSPS) is 12.2. The Kier molecular flexibility index (Phi) is 5.74. The van der Waals surface area contributed by atoms with Crippen molar-refractivity contribution in [1.29, 1.82) is 0 Å². The molecule has 1 heterocycles. The van der Waals surface area contributed by atoms with Gasteiger partial charge in [-0.05, 0) is 32.4 Å². The lowest BCUT2D eigenvalue weighted by atomic mass is 10.1. The predicted molar refractivity (Wildman–Crippen MR) is 68.5 cm³/mol. The average molecular weight is 252 g/mol. The van der Waals surface area contributed by atoms with Gasteiger partial charge in [0.2, 0.25) is 0 Å². The maximum Gasteiger partial charge on any atom is 0.253 e. The van der Waals surface area contributed by atoms with Crippen LogP contribution in [0.25, 0.3) is 0 Å². The first-order valence-electron chi connectivity index (χ1n) is 5.93. The van der Waals surface area contributed by atoms with E-state index >= 15 is 0 Å². The fourth-order valence-electron chi connectivity index (χ4n) is 1.74. The van der Waals surface area contributed by atoms with Crippen molar-refractivity contribution in [2.24, 2.45) is 0 Å². The number of aliphatic hydroxyl groups excluding tert-OH is 1. The van der Waals surface area contributed by atoms with Gasteiger partial charge in [0.15, 0.2) is 0 Å². The van der Waals surface area contributed by atoms with Crippen molar-refractivity contribution in [3.8, 4) is 0 Å². The predicted octanol–water partition coefficient (Wildman–Crippen LogP) is 0.826. The molecule has 1 unspecified atom stereocenters. The van der Waals surface area contributed by atoms with Crippen LogP contribution in [0.5, 0.6) is 0 Å². The Bertz CT molecular complexity index is 401. The highest BCUT2D eigenvalue weighted by molar-refractivity contribution is 5.95. The van der Waals surface area contributed by atoms with Crippen LogP contribution in [0.2, 0.25) is 0 Å². The largest absolute Gasteiger partial charge is 0.396 e. The molecule has 18 heavy (non-hydrogen) atoms. The summed E-state index contributed by atoms with van der Waals surface area (Å²) in [7, 11) is 1.56. The SMILES string of the molecule is COCC(CCO)NC(=O)c1ccc(C)nc1C. The van der Waals surface area contributed by atoms with E-state index in [1.54, 1.807) is 26.2 Å². The number of rotatable bonds is 6. The van der Waals surface area contributed by atoms with Gasteiger partial charge < -0.3 is 15.2 Å². The molecular weight excluding hydrogens is 232 g/mol. The number of carbonyl (C=O) groups is 1. The van der Waals surface area contributed by atoms with Crippen LogP contribution in [-0.2, 0) is 4.74 Å². The van der Waals surface area contributed by atoms with Gasteiger partial charge in [0.1, 0.15) is 0 Å². The van der Waals surface area contributed by atoms with E-state index in [-0.39, 0.29) is 18.6 Å². The number of pyridine rings is 1. The summed E-state index contributed by atoms with van der Waals surface area (Å²) in [4.78, 5) is 16.3. The van der Waals surface area contributed by atoms with E-state index in [0.717, 1.165) is 5.69 Å². The number of aromatic nitrogens is 1. The van der Waals surface area contributed by atoms with Gasteiger partial charge in [-0.3, -0.25) is 9.78 Å². The summed E-state index contributed by atoms with van der Waals surface area (Å²) in [6.45, 7) is 4.08. The van der Waals surface area contributed by atoms with Gasteiger partial charge in [0.05, 0.1) is 23.9 Å². The number of carbonyl (C=O) groups excluding carboxylic acids is 1. The van der Waals surface area contributed by atoms with Gasteiger partial charge in [-0.1, -0.05) is 0 Å². The van der Waals surface area contributed by atoms with Crippen molar-refractivity contribution in [2.45, 2.75) is 26.3 Å². The van der Waals surface area contributed by atoms with E-state index in [4.69, 9.17) is 9.84 Å². The van der Waals surface area contributed by atoms with Crippen molar-refractivity contribution >= 4 is 5.91 Å². The van der Waals surface area contributed by atoms with Crippen molar-refractivity contribution in [2.75, 3.05) is 20.3 Å². The van der Waals surface area contributed by atoms with Crippen molar-refractivity contribution < 1.29 is 14.6 Å². The Morgan fingerprint density at radius 2 is 2.22 bits per heavy atom. The molecule has 1 aromatic rings. The lowest BCUT2D eigenvalue weighted by molar-refractivity contribution is 0.0877. The first-order chi connectivity index (χ1) is 8.58. The van der Waals surface area contributed by atoms with Crippen molar-refractivity contribution in [3.63, 3.8) is 0 Å². The zero-order valence-corrected chi connectivity index (χ0v) is 11.1. The monoisotopic (exact) mass is 252 g/mol. The summed E-state index contributed by atoms with van der Waals surface area (Å²) in [6.07, 6.45) is 0.470. The van der Waals surface area contributed by atoms with Gasteiger partial charge in [-0.2, -0.15) is 0 Å². The highest BCUT2D eigenvalue weighted by atomic mass is 16.5. The third kappa shape index (κ3) is 4.09. The fraction of sp³-hybridized carbons (Fsp3) is 0.538. The van der Waals surface area contributed by atoms with E-state index in [9.17, 15) is 4.79 Å². The van der Waals surface area contributed by atoms with Crippen LogP contribution in [0, 0.1) is 13.8 Å². The molecule has 5 heteroatoms. The van der Waals surface area contributed by atoms with Gasteiger partial charge in [0, 0.05) is 19.4 Å². The quantitative estimate of drug-likeness (QED) is 0.786. The van der Waals surface area contributed by atoms with E-state index < -0.39 is 0 Å². The number of aryl methyl sites for hydroxylation is 2. The Labute approximate surface area is 107 Å². The Hall–Kier alpha value is -1.46. The molecule has 1 amide bonds. The molecule has 0 aliphatic heterocycles. The Balaban J connectivity index is 2.73. The van der Waals surface area contributed by atoms with Crippen LogP contribution in [0.3, 0.4) is 0 Å². The van der Waals surface area contributed by atoms with Crippen LogP contribution in [0.15, 0.2) is 12.1 Å². The summed E-state index contributed by atoms with van der Waals surface area (Å²) < 4.78 is 5.00. The van der Waals surface area contributed by atoms with Crippen LogP contribution in [0.1, 0.15) is 28.2 Å². The third-order valence-electron chi connectivity index (χ3n) is 2.65. The molecular formula is C13H20N2O3. The number of nitrogens with zero attached hydrogens (tertiary/aromatic N) is 1. The second-order valence-electron chi connectivity index (χ2n) is 4.22. The molecule has 1 aromatic heterocycles. The molecule has 0 fully saturated rings. The molecule has 100 valence electrons. The minimum absolute atomic E-state index is 0.0133. The van der Waals surface area contributed by atoms with Crippen LogP contribution in [-0.4, -0.2) is 42.4 Å². The number of ether oxygens (including phenoxy) is 1. The first kappa shape index (κ1) is 14.6. The number of nitrogens with one attached hydrogen (secondary N) is 1. The molecule has 0 saturated heterocycles. The van der Waals surface area contributed by atoms with Gasteiger partial charge in [0.25, 0.3) is 5.91 Å². The standard InChI is InChI=1S/C13H20N2O3/c1-9-4-5-12(10(2)14-9)13(17)15-11(6-7-16)8-18-3/h4-5,11,16H,6-8H2,1-3H3,(H,15,17). The topological polar surface area (TPSA) is 71.5 Å². The number of amides is 1. The van der Waals surface area contributed by atoms with Gasteiger partial charge in [-0.25, -0.2) is 0 Å². The lowest BCUT2D eigenvalue weighted by Gasteiger charge is -2.17. The summed E-state index contributed by atoms with van der Waals surface area (Å²) >= 11 is 0. The van der Waals surface area contributed by atoms with Crippen LogP contribution < -0.4 is 5.32 Å². The van der Waals surface area contributed by atoms with E-state index in [0.29, 0.717) is 24.3 Å². The maximum absolute atomic E-state index is 12.0. The number of hydrogen-bond acceptors (Lipinski definition) is 4. The summed E-state index contributed by atoms with van der Waals surface area (Å²) in [5, 5.41) is 11.8. The molecule has 0 saturated carbocycles. The molecule has 0 aromatic carbocycles. The molecule has 0 bridgehead atoms. The molecule has 1 rings (SSSR count). The smallest absolute Gasteiger partial charge is 0.253 e. The van der Waals surface area contributed by atoms with Gasteiger partial charge >= 0.3 is 0 Å². The second-order valence-corrected chi connectivity index (χ2v) is 4.22. The molecule has 2 N–H and O–H groups in total. The first-order valence-corrected chi connectivity index (χ1v) is 5.93. The van der Waals surface area contributed by atoms with E-state index in [1.807, 2.05) is 6.92 Å². The van der Waals surface area contributed by atoms with Crippen LogP contribution in [0.4, 0.5) is 0 Å². The van der Waals surface area contributed by atoms with Crippen molar-refractivity contribution in [1.82, 2.24) is 10.3 Å². The minimum Gasteiger partial charge on any atom is -0.396 e. The number of methoxy groups -OCH3 is 1. The molecule has 0 aliphatic rings. The highest BCUT2D eigenvalue weighted by Gasteiger charge is 2.15. The summed E-state index contributed by atoms with van der Waals surface area (Å²) in [6, 6.07) is 3.38.